The molecule has 0 aromatic carbocycles. The highest BCUT2D eigenvalue weighted by atomic mass is 16.4. The van der Waals surface area contributed by atoms with E-state index in [0.717, 1.165) is 0 Å². The lowest BCUT2D eigenvalue weighted by Crippen LogP contribution is -2.26. The third-order valence-corrected chi connectivity index (χ3v) is 0.849. The zero-order valence-electron chi connectivity index (χ0n) is 6.18. The van der Waals surface area contributed by atoms with E-state index >= 15 is 0 Å². The van der Waals surface area contributed by atoms with Gasteiger partial charge in [0.05, 0.1) is 0 Å². The van der Waals surface area contributed by atoms with Gasteiger partial charge in [-0.2, -0.15) is 4.99 Å². The second kappa shape index (κ2) is 4.06. The minimum Gasteiger partial charge on any atom is -0.475 e. The van der Waals surface area contributed by atoms with Gasteiger partial charge in [0.25, 0.3) is 0 Å². The second-order valence-electron chi connectivity index (χ2n) is 1.65. The van der Waals surface area contributed by atoms with Gasteiger partial charge in [-0.25, -0.2) is 9.59 Å². The van der Waals surface area contributed by atoms with E-state index in [-0.39, 0.29) is 0 Å². The first kappa shape index (κ1) is 10.1. The number of carbonyl (C=O) groups is 2. The van der Waals surface area contributed by atoms with Gasteiger partial charge in [0, 0.05) is 7.05 Å². The van der Waals surface area contributed by atoms with E-state index in [1.54, 1.807) is 0 Å². The minimum atomic E-state index is -1.49. The number of carboxylic acids is 2. The number of aliphatic imine (C=N–C) groups is 2. The van der Waals surface area contributed by atoms with Crippen LogP contribution in [0.3, 0.4) is 0 Å². The summed E-state index contributed by atoms with van der Waals surface area (Å²) < 4.78 is 0. The highest BCUT2D eigenvalue weighted by Crippen LogP contribution is 1.81. The molecule has 0 spiro atoms. The first-order chi connectivity index (χ1) is 5.49. The lowest BCUT2D eigenvalue weighted by atomic mass is 10.5. The average molecular weight is 173 g/mol. The standard InChI is InChI=1S/C5H7N3O4/c1-7-3(5(11)12)8-2(6)4(9)10/h1H3,(H,9,10)(H,11,12)(H2,6,7,8). The molecule has 12 heavy (non-hydrogen) atoms. The molecular weight excluding hydrogens is 166 g/mol. The van der Waals surface area contributed by atoms with Crippen LogP contribution in [0.4, 0.5) is 0 Å². The molecule has 4 N–H and O–H groups in total. The van der Waals surface area contributed by atoms with Gasteiger partial charge in [0.1, 0.15) is 0 Å². The summed E-state index contributed by atoms with van der Waals surface area (Å²) in [5.74, 6) is -4.37. The van der Waals surface area contributed by atoms with Crippen molar-refractivity contribution in [2.45, 2.75) is 0 Å². The Morgan fingerprint density at radius 1 is 1.25 bits per heavy atom. The largest absolute Gasteiger partial charge is 0.475 e. The maximum Gasteiger partial charge on any atom is 0.373 e. The zero-order chi connectivity index (χ0) is 9.72. The molecule has 0 radical (unpaired) electrons. The van der Waals surface area contributed by atoms with Crippen molar-refractivity contribution in [2.75, 3.05) is 7.05 Å². The molecule has 66 valence electrons. The van der Waals surface area contributed by atoms with Crippen molar-refractivity contribution < 1.29 is 19.8 Å². The van der Waals surface area contributed by atoms with Crippen molar-refractivity contribution in [3.05, 3.63) is 0 Å². The number of rotatable bonds is 0. The van der Waals surface area contributed by atoms with Crippen molar-refractivity contribution >= 4 is 23.6 Å². The van der Waals surface area contributed by atoms with Crippen LogP contribution in [0.25, 0.3) is 0 Å². The summed E-state index contributed by atoms with van der Waals surface area (Å²) in [6.45, 7) is 0. The Morgan fingerprint density at radius 2 is 1.75 bits per heavy atom. The summed E-state index contributed by atoms with van der Waals surface area (Å²) in [6, 6.07) is 0. The normalized spacial score (nSPS) is 12.8. The Labute approximate surface area is 67.2 Å². The molecule has 0 saturated heterocycles. The molecule has 0 aromatic heterocycles. The maximum atomic E-state index is 10.2. The molecule has 0 aliphatic heterocycles. The molecule has 0 saturated carbocycles. The van der Waals surface area contributed by atoms with Crippen LogP contribution < -0.4 is 5.73 Å². The topological polar surface area (TPSA) is 125 Å². The Kier molecular flexibility index (Phi) is 3.41. The Balaban J connectivity index is 4.72. The predicted molar refractivity (Wildman–Crippen MR) is 40.3 cm³/mol. The minimum absolute atomic E-state index is 0.644. The molecule has 0 atom stereocenters. The molecule has 0 aliphatic rings. The molecule has 0 amide bonds. The summed E-state index contributed by atoms with van der Waals surface area (Å²) in [6.07, 6.45) is 0. The van der Waals surface area contributed by atoms with E-state index in [2.05, 4.69) is 9.98 Å². The van der Waals surface area contributed by atoms with Crippen LogP contribution in [-0.4, -0.2) is 40.9 Å². The van der Waals surface area contributed by atoms with Crippen LogP contribution in [0.2, 0.25) is 0 Å². The van der Waals surface area contributed by atoms with Gasteiger partial charge in [-0.3, -0.25) is 4.99 Å². The Bertz CT molecular complexity index is 268. The van der Waals surface area contributed by atoms with Gasteiger partial charge in [-0.15, -0.1) is 0 Å². The van der Waals surface area contributed by atoms with Gasteiger partial charge < -0.3 is 15.9 Å². The van der Waals surface area contributed by atoms with Crippen molar-refractivity contribution in [3.8, 4) is 0 Å². The summed E-state index contributed by atoms with van der Waals surface area (Å²) >= 11 is 0. The van der Waals surface area contributed by atoms with Gasteiger partial charge in [-0.05, 0) is 0 Å². The smallest absolute Gasteiger partial charge is 0.373 e. The summed E-state index contributed by atoms with van der Waals surface area (Å²) in [7, 11) is 1.17. The van der Waals surface area contributed by atoms with E-state index < -0.39 is 23.6 Å². The highest BCUT2D eigenvalue weighted by Gasteiger charge is 2.10. The van der Waals surface area contributed by atoms with Crippen LogP contribution in [-0.2, 0) is 9.59 Å². The SMILES string of the molecule is CN=C(N=C(N)C(=O)O)C(=O)O. The van der Waals surface area contributed by atoms with Crippen LogP contribution in [0.5, 0.6) is 0 Å². The van der Waals surface area contributed by atoms with Gasteiger partial charge in [0.15, 0.2) is 0 Å². The molecule has 0 unspecified atom stereocenters. The van der Waals surface area contributed by atoms with Crippen molar-refractivity contribution in [1.29, 1.82) is 0 Å². The summed E-state index contributed by atoms with van der Waals surface area (Å²) in [5, 5.41) is 16.5. The fourth-order valence-corrected chi connectivity index (χ4v) is 0.355. The maximum absolute atomic E-state index is 10.2. The molecule has 0 aliphatic carbocycles. The third kappa shape index (κ3) is 2.78. The van der Waals surface area contributed by atoms with E-state index in [1.807, 2.05) is 0 Å². The molecule has 0 heterocycles. The first-order valence-corrected chi connectivity index (χ1v) is 2.76. The fraction of sp³-hybridized carbons (Fsp3) is 0.200. The number of aliphatic carboxylic acids is 2. The highest BCUT2D eigenvalue weighted by molar-refractivity contribution is 6.43. The van der Waals surface area contributed by atoms with Crippen LogP contribution >= 0.6 is 0 Å². The van der Waals surface area contributed by atoms with Crippen LogP contribution in [0.15, 0.2) is 9.98 Å². The van der Waals surface area contributed by atoms with Crippen molar-refractivity contribution in [2.24, 2.45) is 15.7 Å². The van der Waals surface area contributed by atoms with Crippen molar-refractivity contribution in [3.63, 3.8) is 0 Å². The summed E-state index contributed by atoms with van der Waals surface area (Å²) in [4.78, 5) is 26.5. The first-order valence-electron chi connectivity index (χ1n) is 2.76. The number of carboxylic acid groups (broad SMARTS) is 2. The Hall–Kier alpha value is -1.92. The average Bonchev–Trinajstić information content (AvgIpc) is 1.98. The molecule has 0 fully saturated rings. The predicted octanol–water partition coefficient (Wildman–Crippen LogP) is -1.46. The number of hydrogen-bond acceptors (Lipinski definition) is 3. The quantitative estimate of drug-likeness (QED) is 0.305. The lowest BCUT2D eigenvalue weighted by Gasteiger charge is -1.92. The Morgan fingerprint density at radius 3 is 2.00 bits per heavy atom. The van der Waals surface area contributed by atoms with E-state index in [1.165, 1.54) is 7.05 Å². The van der Waals surface area contributed by atoms with E-state index in [0.29, 0.717) is 0 Å². The van der Waals surface area contributed by atoms with Gasteiger partial charge in [-0.1, -0.05) is 0 Å². The van der Waals surface area contributed by atoms with Crippen LogP contribution in [0, 0.1) is 0 Å². The molecular formula is C5H7N3O4. The molecule has 7 heteroatoms. The molecule has 7 nitrogen and oxygen atoms in total. The number of hydrogen-bond donors (Lipinski definition) is 3. The number of nitrogens with zero attached hydrogens (tertiary/aromatic N) is 2. The number of nitrogens with two attached hydrogens (primary N) is 1. The molecule has 0 bridgehead atoms. The van der Waals surface area contributed by atoms with Crippen LogP contribution in [0.1, 0.15) is 0 Å². The molecule has 0 rings (SSSR count). The van der Waals surface area contributed by atoms with Gasteiger partial charge in [0.2, 0.25) is 11.7 Å². The third-order valence-electron chi connectivity index (χ3n) is 0.849. The number of amidine groups is 2. The zero-order valence-corrected chi connectivity index (χ0v) is 6.18. The lowest BCUT2D eigenvalue weighted by molar-refractivity contribution is -0.130. The second-order valence-corrected chi connectivity index (χ2v) is 1.65. The van der Waals surface area contributed by atoms with E-state index in [4.69, 9.17) is 15.9 Å². The molecule has 0 aromatic rings. The summed E-state index contributed by atoms with van der Waals surface area (Å²) in [5.41, 5.74) is 4.84. The van der Waals surface area contributed by atoms with Crippen molar-refractivity contribution in [1.82, 2.24) is 0 Å². The fourth-order valence-electron chi connectivity index (χ4n) is 0.355. The monoisotopic (exact) mass is 173 g/mol. The van der Waals surface area contributed by atoms with Gasteiger partial charge >= 0.3 is 11.9 Å². The van der Waals surface area contributed by atoms with E-state index in [9.17, 15) is 9.59 Å².